The molecule has 2 N–H and O–H groups in total. The highest BCUT2D eigenvalue weighted by molar-refractivity contribution is 14.1. The standard InChI is InChI=1S/C9H8I2O4/c1-15-8-4(7(12)9(13)14)2-3-5(10)6(8)11/h2-3,7,12H,1H3,(H,13,14). The molecule has 0 aliphatic heterocycles. The number of carboxylic acids is 1. The first kappa shape index (κ1) is 13.0. The molecule has 0 saturated carbocycles. The summed E-state index contributed by atoms with van der Waals surface area (Å²) >= 11 is 4.16. The minimum atomic E-state index is -1.55. The largest absolute Gasteiger partial charge is 0.495 e. The second-order valence-electron chi connectivity index (χ2n) is 2.72. The minimum absolute atomic E-state index is 0.273. The summed E-state index contributed by atoms with van der Waals surface area (Å²) in [6.07, 6.45) is -1.55. The van der Waals surface area contributed by atoms with E-state index in [0.29, 0.717) is 5.75 Å². The highest BCUT2D eigenvalue weighted by atomic mass is 127. The zero-order valence-electron chi connectivity index (χ0n) is 7.70. The van der Waals surface area contributed by atoms with E-state index in [4.69, 9.17) is 9.84 Å². The fraction of sp³-hybridized carbons (Fsp3) is 0.222. The number of benzene rings is 1. The normalized spacial score (nSPS) is 12.3. The van der Waals surface area contributed by atoms with Crippen LogP contribution in [-0.4, -0.2) is 23.3 Å². The Morgan fingerprint density at radius 2 is 2.07 bits per heavy atom. The summed E-state index contributed by atoms with van der Waals surface area (Å²) in [5, 5.41) is 18.1. The molecule has 6 heteroatoms. The van der Waals surface area contributed by atoms with E-state index in [9.17, 15) is 9.90 Å². The van der Waals surface area contributed by atoms with Gasteiger partial charge in [-0.3, -0.25) is 0 Å². The third-order valence-electron chi connectivity index (χ3n) is 1.81. The Morgan fingerprint density at radius 1 is 1.47 bits per heavy atom. The molecule has 1 aromatic carbocycles. The fourth-order valence-corrected chi connectivity index (χ4v) is 2.24. The zero-order chi connectivity index (χ0) is 11.6. The van der Waals surface area contributed by atoms with Crippen molar-refractivity contribution in [2.75, 3.05) is 7.11 Å². The summed E-state index contributed by atoms with van der Waals surface area (Å²) in [5.41, 5.74) is 0.273. The number of ether oxygens (including phenoxy) is 1. The van der Waals surface area contributed by atoms with Gasteiger partial charge < -0.3 is 14.9 Å². The fourth-order valence-electron chi connectivity index (χ4n) is 1.10. The summed E-state index contributed by atoms with van der Waals surface area (Å²) in [5.74, 6) is -0.872. The Balaban J connectivity index is 3.30. The maximum atomic E-state index is 10.7. The van der Waals surface area contributed by atoms with E-state index in [-0.39, 0.29) is 5.56 Å². The molecule has 0 heterocycles. The third-order valence-corrected chi connectivity index (χ3v) is 4.82. The predicted octanol–water partition coefficient (Wildman–Crippen LogP) is 2.02. The molecule has 1 rings (SSSR count). The van der Waals surface area contributed by atoms with Gasteiger partial charge in [-0.05, 0) is 51.2 Å². The van der Waals surface area contributed by atoms with Crippen molar-refractivity contribution in [3.05, 3.63) is 24.8 Å². The van der Waals surface area contributed by atoms with Gasteiger partial charge in [0.05, 0.1) is 10.7 Å². The van der Waals surface area contributed by atoms with Gasteiger partial charge in [0, 0.05) is 9.13 Å². The quantitative estimate of drug-likeness (QED) is 0.716. The van der Waals surface area contributed by atoms with Crippen LogP contribution in [0.1, 0.15) is 11.7 Å². The first-order valence-corrected chi connectivity index (χ1v) is 6.07. The van der Waals surface area contributed by atoms with Crippen molar-refractivity contribution in [2.24, 2.45) is 0 Å². The summed E-state index contributed by atoms with van der Waals surface area (Å²) < 4.78 is 6.84. The van der Waals surface area contributed by atoms with Gasteiger partial charge in [0.25, 0.3) is 0 Å². The van der Waals surface area contributed by atoms with Crippen LogP contribution in [0.25, 0.3) is 0 Å². The van der Waals surface area contributed by atoms with Gasteiger partial charge in [0.1, 0.15) is 5.75 Å². The van der Waals surface area contributed by atoms with Gasteiger partial charge in [-0.25, -0.2) is 4.79 Å². The van der Waals surface area contributed by atoms with E-state index in [2.05, 4.69) is 45.2 Å². The summed E-state index contributed by atoms with van der Waals surface area (Å²) in [6.45, 7) is 0. The number of methoxy groups -OCH3 is 1. The first-order chi connectivity index (χ1) is 6.99. The monoisotopic (exact) mass is 434 g/mol. The molecule has 0 aromatic heterocycles. The van der Waals surface area contributed by atoms with Crippen molar-refractivity contribution in [3.63, 3.8) is 0 Å². The second-order valence-corrected chi connectivity index (χ2v) is 4.97. The number of halogens is 2. The Hall–Kier alpha value is -0.0900. The molecule has 0 amide bonds. The molecule has 0 aliphatic rings. The molecule has 1 atom stereocenters. The minimum Gasteiger partial charge on any atom is -0.495 e. The molecule has 0 saturated heterocycles. The highest BCUT2D eigenvalue weighted by Crippen LogP contribution is 2.33. The lowest BCUT2D eigenvalue weighted by molar-refractivity contribution is -0.147. The van der Waals surface area contributed by atoms with Crippen LogP contribution in [-0.2, 0) is 4.79 Å². The topological polar surface area (TPSA) is 66.8 Å². The Morgan fingerprint density at radius 3 is 2.53 bits per heavy atom. The molecule has 0 aliphatic carbocycles. The van der Waals surface area contributed by atoms with Gasteiger partial charge in [0.15, 0.2) is 6.10 Å². The number of aliphatic carboxylic acids is 1. The highest BCUT2D eigenvalue weighted by Gasteiger charge is 2.22. The SMILES string of the molecule is COc1c(C(O)C(=O)O)ccc(I)c1I. The Labute approximate surface area is 114 Å². The van der Waals surface area contributed by atoms with Crippen molar-refractivity contribution < 1.29 is 19.7 Å². The van der Waals surface area contributed by atoms with E-state index in [1.165, 1.54) is 7.11 Å². The molecule has 15 heavy (non-hydrogen) atoms. The number of hydrogen-bond donors (Lipinski definition) is 2. The number of carboxylic acid groups (broad SMARTS) is 1. The van der Waals surface area contributed by atoms with Crippen molar-refractivity contribution in [1.82, 2.24) is 0 Å². The average molecular weight is 434 g/mol. The van der Waals surface area contributed by atoms with Crippen LogP contribution < -0.4 is 4.74 Å². The molecule has 1 aromatic rings. The maximum Gasteiger partial charge on any atom is 0.337 e. The van der Waals surface area contributed by atoms with Gasteiger partial charge in [-0.2, -0.15) is 0 Å². The lowest BCUT2D eigenvalue weighted by Gasteiger charge is -2.13. The van der Waals surface area contributed by atoms with Crippen LogP contribution >= 0.6 is 45.2 Å². The molecular weight excluding hydrogens is 426 g/mol. The molecule has 4 nitrogen and oxygen atoms in total. The van der Waals surface area contributed by atoms with E-state index < -0.39 is 12.1 Å². The van der Waals surface area contributed by atoms with Crippen molar-refractivity contribution in [2.45, 2.75) is 6.10 Å². The number of rotatable bonds is 3. The molecular formula is C9H8I2O4. The molecule has 0 radical (unpaired) electrons. The smallest absolute Gasteiger partial charge is 0.337 e. The van der Waals surface area contributed by atoms with E-state index in [0.717, 1.165) is 7.14 Å². The van der Waals surface area contributed by atoms with Crippen LogP contribution in [0, 0.1) is 7.14 Å². The second kappa shape index (κ2) is 5.30. The number of hydrogen-bond acceptors (Lipinski definition) is 3. The summed E-state index contributed by atoms with van der Waals surface area (Å²) in [6, 6.07) is 3.30. The molecule has 0 fully saturated rings. The number of aliphatic hydroxyl groups excluding tert-OH is 1. The van der Waals surface area contributed by atoms with Crippen molar-refractivity contribution in [3.8, 4) is 5.75 Å². The lowest BCUT2D eigenvalue weighted by Crippen LogP contribution is -2.12. The van der Waals surface area contributed by atoms with Crippen LogP contribution in [0.5, 0.6) is 5.75 Å². The number of carbonyl (C=O) groups is 1. The summed E-state index contributed by atoms with van der Waals surface area (Å²) in [4.78, 5) is 10.7. The van der Waals surface area contributed by atoms with Gasteiger partial charge >= 0.3 is 5.97 Å². The van der Waals surface area contributed by atoms with Crippen LogP contribution in [0.2, 0.25) is 0 Å². The third kappa shape index (κ3) is 2.72. The van der Waals surface area contributed by atoms with E-state index in [1.807, 2.05) is 0 Å². The van der Waals surface area contributed by atoms with E-state index in [1.54, 1.807) is 12.1 Å². The zero-order valence-corrected chi connectivity index (χ0v) is 12.0. The predicted molar refractivity (Wildman–Crippen MR) is 71.0 cm³/mol. The van der Waals surface area contributed by atoms with Gasteiger partial charge in [-0.1, -0.05) is 6.07 Å². The lowest BCUT2D eigenvalue weighted by atomic mass is 10.1. The average Bonchev–Trinajstić information content (AvgIpc) is 2.20. The number of aliphatic hydroxyl groups is 1. The molecule has 0 bridgehead atoms. The van der Waals surface area contributed by atoms with E-state index >= 15 is 0 Å². The summed E-state index contributed by atoms with van der Waals surface area (Å²) in [7, 11) is 1.45. The van der Waals surface area contributed by atoms with Crippen LogP contribution in [0.15, 0.2) is 12.1 Å². The van der Waals surface area contributed by atoms with Gasteiger partial charge in [-0.15, -0.1) is 0 Å². The first-order valence-electron chi connectivity index (χ1n) is 3.91. The van der Waals surface area contributed by atoms with Crippen molar-refractivity contribution >= 4 is 51.2 Å². The Bertz CT molecular complexity index is 392. The van der Waals surface area contributed by atoms with Crippen LogP contribution in [0.3, 0.4) is 0 Å². The molecule has 0 spiro atoms. The van der Waals surface area contributed by atoms with Gasteiger partial charge in [0.2, 0.25) is 0 Å². The Kier molecular flexibility index (Phi) is 4.59. The molecule has 1 unspecified atom stereocenters. The molecule has 82 valence electrons. The van der Waals surface area contributed by atoms with Crippen molar-refractivity contribution in [1.29, 1.82) is 0 Å². The maximum absolute atomic E-state index is 10.7. The van der Waals surface area contributed by atoms with Crippen LogP contribution in [0.4, 0.5) is 0 Å².